The first-order valence-electron chi connectivity index (χ1n) is 9.85. The fourth-order valence-corrected chi connectivity index (χ4v) is 3.86. The smallest absolute Gasteiger partial charge is 0.282 e. The number of hydrogen-bond acceptors (Lipinski definition) is 8. The van der Waals surface area contributed by atoms with Crippen LogP contribution in [0.4, 0.5) is 0 Å². The van der Waals surface area contributed by atoms with Crippen molar-refractivity contribution < 1.29 is 4.42 Å². The molecule has 0 aliphatic rings. The van der Waals surface area contributed by atoms with Gasteiger partial charge in [-0.3, -0.25) is 9.78 Å². The van der Waals surface area contributed by atoms with Crippen LogP contribution in [-0.2, 0) is 5.75 Å². The zero-order valence-corrected chi connectivity index (χ0v) is 18.6. The van der Waals surface area contributed by atoms with Crippen molar-refractivity contribution in [2.75, 3.05) is 0 Å². The molecule has 0 amide bonds. The van der Waals surface area contributed by atoms with E-state index >= 15 is 0 Å². The highest BCUT2D eigenvalue weighted by molar-refractivity contribution is 7.98. The average Bonchev–Trinajstić information content (AvgIpc) is 3.33. The van der Waals surface area contributed by atoms with E-state index in [0.717, 1.165) is 11.1 Å². The molecular formula is C23H15ClN6O2S. The maximum absolute atomic E-state index is 13.1. The van der Waals surface area contributed by atoms with E-state index in [2.05, 4.69) is 25.3 Å². The molecule has 33 heavy (non-hydrogen) atoms. The number of para-hydroxylation sites is 1. The van der Waals surface area contributed by atoms with Gasteiger partial charge in [-0.25, -0.2) is 4.98 Å². The maximum atomic E-state index is 13.1. The summed E-state index contributed by atoms with van der Waals surface area (Å²) in [5, 5.41) is 14.0. The number of pyridine rings is 1. The van der Waals surface area contributed by atoms with Crippen molar-refractivity contribution >= 4 is 40.5 Å². The van der Waals surface area contributed by atoms with E-state index in [1.807, 2.05) is 18.2 Å². The second kappa shape index (κ2) is 9.35. The highest BCUT2D eigenvalue weighted by atomic mass is 35.5. The Morgan fingerprint density at radius 1 is 1.03 bits per heavy atom. The fourth-order valence-electron chi connectivity index (χ4n) is 3.06. The molecule has 0 spiro atoms. The highest BCUT2D eigenvalue weighted by Crippen LogP contribution is 2.25. The fraction of sp³-hybridized carbons (Fsp3) is 0.0435. The Labute approximate surface area is 197 Å². The van der Waals surface area contributed by atoms with Crippen molar-refractivity contribution in [3.8, 4) is 11.5 Å². The zero-order chi connectivity index (χ0) is 22.6. The van der Waals surface area contributed by atoms with Gasteiger partial charge in [-0.05, 0) is 42.0 Å². The van der Waals surface area contributed by atoms with Crippen LogP contribution in [0.5, 0.6) is 0 Å². The Morgan fingerprint density at radius 2 is 1.82 bits per heavy atom. The lowest BCUT2D eigenvalue weighted by molar-refractivity contribution is 0.465. The lowest BCUT2D eigenvalue weighted by atomic mass is 10.2. The summed E-state index contributed by atoms with van der Waals surface area (Å²) in [4.78, 5) is 21.8. The van der Waals surface area contributed by atoms with Crippen LogP contribution in [0.2, 0.25) is 5.02 Å². The molecule has 0 bridgehead atoms. The lowest BCUT2D eigenvalue weighted by Gasteiger charge is -2.08. The van der Waals surface area contributed by atoms with Crippen LogP contribution < -0.4 is 5.56 Å². The summed E-state index contributed by atoms with van der Waals surface area (Å²) in [7, 11) is 0. The number of hydrogen-bond donors (Lipinski definition) is 0. The molecule has 0 N–H and O–H groups in total. The summed E-state index contributed by atoms with van der Waals surface area (Å²) in [5.74, 6) is 1.15. The summed E-state index contributed by atoms with van der Waals surface area (Å²) in [5.41, 5.74) is 1.91. The third-order valence-corrected chi connectivity index (χ3v) is 5.74. The molecule has 0 atom stereocenters. The monoisotopic (exact) mass is 474 g/mol. The molecule has 2 aromatic carbocycles. The van der Waals surface area contributed by atoms with Gasteiger partial charge in [0.05, 0.1) is 22.9 Å². The number of halogens is 1. The molecule has 8 nitrogen and oxygen atoms in total. The minimum Gasteiger partial charge on any atom is -0.411 e. The zero-order valence-electron chi connectivity index (χ0n) is 17.0. The third kappa shape index (κ3) is 4.69. The number of fused-ring (bicyclic) bond motifs is 1. The van der Waals surface area contributed by atoms with Gasteiger partial charge in [-0.15, -0.1) is 10.2 Å². The molecule has 162 valence electrons. The van der Waals surface area contributed by atoms with Gasteiger partial charge in [0.25, 0.3) is 10.8 Å². The number of nitrogens with zero attached hydrogens (tertiary/aromatic N) is 6. The van der Waals surface area contributed by atoms with Crippen LogP contribution in [0.3, 0.4) is 0 Å². The predicted molar refractivity (Wildman–Crippen MR) is 128 cm³/mol. The minimum atomic E-state index is -0.260. The van der Waals surface area contributed by atoms with Crippen molar-refractivity contribution in [3.05, 3.63) is 99.8 Å². The van der Waals surface area contributed by atoms with E-state index in [-0.39, 0.29) is 5.56 Å². The van der Waals surface area contributed by atoms with E-state index in [1.165, 1.54) is 16.4 Å². The normalized spacial score (nSPS) is 11.4. The Bertz CT molecular complexity index is 1500. The van der Waals surface area contributed by atoms with Crippen LogP contribution in [0.1, 0.15) is 11.4 Å². The molecule has 3 aromatic heterocycles. The molecular weight excluding hydrogens is 460 g/mol. The van der Waals surface area contributed by atoms with Crippen molar-refractivity contribution in [3.63, 3.8) is 0 Å². The molecule has 0 saturated heterocycles. The first kappa shape index (κ1) is 21.0. The first-order chi connectivity index (χ1) is 16.2. The van der Waals surface area contributed by atoms with E-state index in [1.54, 1.807) is 61.1 Å². The topological polar surface area (TPSA) is 99.1 Å². The van der Waals surface area contributed by atoms with Crippen molar-refractivity contribution in [1.82, 2.24) is 24.8 Å². The number of thioether (sulfide) groups is 1. The Balaban J connectivity index is 1.46. The van der Waals surface area contributed by atoms with E-state index < -0.39 is 0 Å². The molecule has 10 heteroatoms. The van der Waals surface area contributed by atoms with Gasteiger partial charge in [0.1, 0.15) is 5.82 Å². The van der Waals surface area contributed by atoms with Crippen molar-refractivity contribution in [2.24, 2.45) is 5.10 Å². The van der Waals surface area contributed by atoms with Crippen molar-refractivity contribution in [1.29, 1.82) is 0 Å². The minimum absolute atomic E-state index is 0.260. The molecule has 0 aliphatic heterocycles. The van der Waals surface area contributed by atoms with Crippen LogP contribution in [0.25, 0.3) is 22.4 Å². The summed E-state index contributed by atoms with van der Waals surface area (Å²) < 4.78 is 7.03. The molecule has 0 fully saturated rings. The van der Waals surface area contributed by atoms with Crippen LogP contribution in [-0.4, -0.2) is 31.1 Å². The Kier molecular flexibility index (Phi) is 5.97. The van der Waals surface area contributed by atoms with Gasteiger partial charge in [0.15, 0.2) is 0 Å². The van der Waals surface area contributed by atoms with Gasteiger partial charge in [0.2, 0.25) is 5.89 Å². The molecule has 0 radical (unpaired) electrons. The summed E-state index contributed by atoms with van der Waals surface area (Å²) in [6, 6.07) is 17.9. The Hall–Kier alpha value is -3.82. The average molecular weight is 475 g/mol. The number of benzene rings is 2. The highest BCUT2D eigenvalue weighted by Gasteiger charge is 2.14. The predicted octanol–water partition coefficient (Wildman–Crippen LogP) is 4.67. The largest absolute Gasteiger partial charge is 0.411 e. The molecule has 0 aliphatic carbocycles. The second-order valence-corrected chi connectivity index (χ2v) is 8.22. The van der Waals surface area contributed by atoms with Gasteiger partial charge < -0.3 is 4.42 Å². The van der Waals surface area contributed by atoms with E-state index in [9.17, 15) is 4.79 Å². The third-order valence-electron chi connectivity index (χ3n) is 4.67. The maximum Gasteiger partial charge on any atom is 0.282 e. The Morgan fingerprint density at radius 3 is 2.64 bits per heavy atom. The first-order valence-corrected chi connectivity index (χ1v) is 11.2. The summed E-state index contributed by atoms with van der Waals surface area (Å²) >= 11 is 7.22. The van der Waals surface area contributed by atoms with Gasteiger partial charge in [-0.2, -0.15) is 9.78 Å². The number of aromatic nitrogens is 5. The van der Waals surface area contributed by atoms with Crippen molar-refractivity contribution in [2.45, 2.75) is 11.0 Å². The van der Waals surface area contributed by atoms with E-state index in [0.29, 0.717) is 38.6 Å². The standard InChI is InChI=1S/C23H15ClN6O2S/c24-17-7-5-15(6-8-17)13-26-30-20(27-19-4-2-1-3-18(19)22(30)31)14-33-23-29-28-21(32-23)16-9-11-25-12-10-16/h1-13H,14H2/b26-13+. The van der Waals surface area contributed by atoms with Gasteiger partial charge >= 0.3 is 0 Å². The van der Waals surface area contributed by atoms with Gasteiger partial charge in [-0.1, -0.05) is 47.6 Å². The molecule has 0 unspecified atom stereocenters. The summed E-state index contributed by atoms with van der Waals surface area (Å²) in [6.45, 7) is 0. The molecule has 5 rings (SSSR count). The lowest BCUT2D eigenvalue weighted by Crippen LogP contribution is -2.22. The van der Waals surface area contributed by atoms with Crippen LogP contribution in [0.15, 0.2) is 92.6 Å². The summed E-state index contributed by atoms with van der Waals surface area (Å²) in [6.07, 6.45) is 4.90. The quantitative estimate of drug-likeness (QED) is 0.260. The van der Waals surface area contributed by atoms with E-state index in [4.69, 9.17) is 16.0 Å². The molecule has 3 heterocycles. The van der Waals surface area contributed by atoms with Gasteiger partial charge in [0, 0.05) is 23.0 Å². The number of rotatable bonds is 6. The molecule has 5 aromatic rings. The molecule has 0 saturated carbocycles. The van der Waals surface area contributed by atoms with Crippen LogP contribution in [0, 0.1) is 0 Å². The second-order valence-electron chi connectivity index (χ2n) is 6.86. The SMILES string of the molecule is O=c1c2ccccc2nc(CSc2nnc(-c3ccncc3)o2)n1/N=C/c1ccc(Cl)cc1. The van der Waals surface area contributed by atoms with Crippen LogP contribution >= 0.6 is 23.4 Å².